The van der Waals surface area contributed by atoms with E-state index in [1.807, 2.05) is 10.6 Å². The number of amides is 4. The van der Waals surface area contributed by atoms with Crippen molar-refractivity contribution in [1.29, 1.82) is 0 Å². The molecule has 0 saturated carbocycles. The van der Waals surface area contributed by atoms with Crippen molar-refractivity contribution < 1.29 is 23.9 Å². The van der Waals surface area contributed by atoms with Crippen molar-refractivity contribution in [1.82, 2.24) is 10.6 Å². The summed E-state index contributed by atoms with van der Waals surface area (Å²) in [6.45, 7) is 1.68. The van der Waals surface area contributed by atoms with E-state index in [2.05, 4.69) is 0 Å². The number of barbiturate groups is 1. The summed E-state index contributed by atoms with van der Waals surface area (Å²) >= 11 is 0. The minimum atomic E-state index is -0.844. The van der Waals surface area contributed by atoms with Crippen molar-refractivity contribution in [2.75, 3.05) is 0 Å². The lowest BCUT2D eigenvalue weighted by Gasteiger charge is -2.13. The van der Waals surface area contributed by atoms with E-state index < -0.39 is 17.8 Å². The van der Waals surface area contributed by atoms with Crippen LogP contribution >= 0.6 is 0 Å². The number of hydrogen-bond donors (Lipinski definition) is 2. The molecule has 7 nitrogen and oxygen atoms in total. The van der Waals surface area contributed by atoms with Gasteiger partial charge >= 0.3 is 12.0 Å². The van der Waals surface area contributed by atoms with Crippen molar-refractivity contribution in [3.8, 4) is 5.75 Å². The lowest BCUT2D eigenvalue weighted by Crippen LogP contribution is -2.51. The first-order valence-electron chi connectivity index (χ1n) is 6.18. The third-order valence-corrected chi connectivity index (χ3v) is 2.65. The summed E-state index contributed by atoms with van der Waals surface area (Å²) in [5.74, 6) is -1.50. The number of carbonyl (C=O) groups excluding carboxylic acids is 4. The first kappa shape index (κ1) is 14.4. The highest BCUT2D eigenvalue weighted by molar-refractivity contribution is 6.31. The topological polar surface area (TPSA) is 102 Å². The standard InChI is InChI=1S/C14H12N2O5/c1-2-11(17)21-9-5-3-8(4-6-9)7-10-12(18)15-14(20)16-13(10)19/h3-7H,2H2,1H3,(H2,15,16,18,19,20). The molecule has 0 spiro atoms. The largest absolute Gasteiger partial charge is 0.427 e. The van der Waals surface area contributed by atoms with Crippen LogP contribution in [0.15, 0.2) is 29.8 Å². The first-order chi connectivity index (χ1) is 9.99. The maximum absolute atomic E-state index is 11.5. The smallest absolute Gasteiger partial charge is 0.328 e. The molecule has 1 saturated heterocycles. The Balaban J connectivity index is 2.17. The lowest BCUT2D eigenvalue weighted by atomic mass is 10.1. The fourth-order valence-corrected chi connectivity index (χ4v) is 1.61. The summed E-state index contributed by atoms with van der Waals surface area (Å²) < 4.78 is 5.00. The van der Waals surface area contributed by atoms with Crippen molar-refractivity contribution in [2.24, 2.45) is 0 Å². The third-order valence-electron chi connectivity index (χ3n) is 2.65. The fourth-order valence-electron chi connectivity index (χ4n) is 1.61. The minimum Gasteiger partial charge on any atom is -0.427 e. The van der Waals surface area contributed by atoms with Crippen molar-refractivity contribution >= 4 is 29.9 Å². The number of carbonyl (C=O) groups is 4. The number of ether oxygens (including phenoxy) is 1. The molecule has 1 aromatic carbocycles. The van der Waals surface area contributed by atoms with Crippen molar-refractivity contribution in [3.63, 3.8) is 0 Å². The summed E-state index contributed by atoms with van der Waals surface area (Å²) in [4.78, 5) is 45.1. The van der Waals surface area contributed by atoms with E-state index in [0.29, 0.717) is 11.3 Å². The molecule has 4 amide bonds. The van der Waals surface area contributed by atoms with Gasteiger partial charge in [0.05, 0.1) is 0 Å². The molecule has 1 heterocycles. The number of nitrogens with one attached hydrogen (secondary N) is 2. The quantitative estimate of drug-likeness (QED) is 0.370. The average Bonchev–Trinajstić information content (AvgIpc) is 2.44. The number of hydrogen-bond acceptors (Lipinski definition) is 5. The summed E-state index contributed by atoms with van der Waals surface area (Å²) in [5.41, 5.74) is 0.383. The maximum atomic E-state index is 11.5. The van der Waals surface area contributed by atoms with Crippen LogP contribution in [0.25, 0.3) is 6.08 Å². The highest BCUT2D eigenvalue weighted by Gasteiger charge is 2.27. The highest BCUT2D eigenvalue weighted by atomic mass is 16.5. The van der Waals surface area contributed by atoms with Gasteiger partial charge in [0.25, 0.3) is 11.8 Å². The molecule has 0 aromatic heterocycles. The molecule has 0 unspecified atom stereocenters. The zero-order chi connectivity index (χ0) is 15.4. The summed E-state index contributed by atoms with van der Waals surface area (Å²) in [5, 5.41) is 3.96. The molecule has 0 radical (unpaired) electrons. The van der Waals surface area contributed by atoms with Crippen LogP contribution in [-0.2, 0) is 14.4 Å². The highest BCUT2D eigenvalue weighted by Crippen LogP contribution is 2.16. The molecule has 1 aliphatic rings. The predicted octanol–water partition coefficient (Wildman–Crippen LogP) is 0.751. The van der Waals surface area contributed by atoms with E-state index in [1.54, 1.807) is 31.2 Å². The van der Waals surface area contributed by atoms with Gasteiger partial charge in [0, 0.05) is 6.42 Å². The Kier molecular flexibility index (Phi) is 4.13. The second-order valence-corrected chi connectivity index (χ2v) is 4.19. The minimum absolute atomic E-state index is 0.173. The van der Waals surface area contributed by atoms with Crippen LogP contribution in [0.3, 0.4) is 0 Å². The second-order valence-electron chi connectivity index (χ2n) is 4.19. The van der Waals surface area contributed by atoms with Gasteiger partial charge in [-0.05, 0) is 23.8 Å². The average molecular weight is 288 g/mol. The number of esters is 1. The second kappa shape index (κ2) is 6.00. The Hall–Kier alpha value is -2.96. The normalized spacial score (nSPS) is 14.3. The molecule has 1 aliphatic heterocycles. The van der Waals surface area contributed by atoms with Crippen LogP contribution < -0.4 is 15.4 Å². The molecule has 21 heavy (non-hydrogen) atoms. The van der Waals surface area contributed by atoms with Gasteiger partial charge in [-0.25, -0.2) is 4.79 Å². The number of rotatable bonds is 3. The van der Waals surface area contributed by atoms with Gasteiger partial charge in [-0.2, -0.15) is 0 Å². The van der Waals surface area contributed by atoms with E-state index in [-0.39, 0.29) is 18.0 Å². The Morgan fingerprint density at radius 3 is 2.19 bits per heavy atom. The lowest BCUT2D eigenvalue weighted by molar-refractivity contribution is -0.134. The SMILES string of the molecule is CCC(=O)Oc1ccc(C=C2C(=O)NC(=O)NC2=O)cc1. The van der Waals surface area contributed by atoms with E-state index in [0.717, 1.165) is 0 Å². The molecule has 7 heteroatoms. The molecular weight excluding hydrogens is 276 g/mol. The number of urea groups is 1. The molecule has 2 N–H and O–H groups in total. The van der Waals surface area contributed by atoms with Gasteiger partial charge in [-0.1, -0.05) is 19.1 Å². The zero-order valence-corrected chi connectivity index (χ0v) is 11.1. The molecule has 108 valence electrons. The number of benzene rings is 1. The van der Waals surface area contributed by atoms with Gasteiger partial charge in [0.2, 0.25) is 0 Å². The Morgan fingerprint density at radius 1 is 1.10 bits per heavy atom. The van der Waals surface area contributed by atoms with Gasteiger partial charge in [-0.15, -0.1) is 0 Å². The molecule has 1 aromatic rings. The summed E-state index contributed by atoms with van der Waals surface area (Å²) in [7, 11) is 0. The van der Waals surface area contributed by atoms with Gasteiger partial charge < -0.3 is 4.74 Å². The number of imide groups is 2. The molecule has 1 fully saturated rings. The van der Waals surface area contributed by atoms with Gasteiger partial charge in [-0.3, -0.25) is 25.0 Å². The molecule has 0 atom stereocenters. The Bertz CT molecular complexity index is 624. The van der Waals surface area contributed by atoms with Crippen LogP contribution in [0.2, 0.25) is 0 Å². The van der Waals surface area contributed by atoms with Crippen LogP contribution in [0.5, 0.6) is 5.75 Å². The maximum Gasteiger partial charge on any atom is 0.328 e. The van der Waals surface area contributed by atoms with E-state index in [1.165, 1.54) is 6.08 Å². The van der Waals surface area contributed by atoms with Crippen molar-refractivity contribution in [3.05, 3.63) is 35.4 Å². The van der Waals surface area contributed by atoms with Gasteiger partial charge in [0.15, 0.2) is 0 Å². The van der Waals surface area contributed by atoms with Crippen LogP contribution in [0.1, 0.15) is 18.9 Å². The first-order valence-corrected chi connectivity index (χ1v) is 6.18. The molecular formula is C14H12N2O5. The molecule has 2 rings (SSSR count). The van der Waals surface area contributed by atoms with Gasteiger partial charge in [0.1, 0.15) is 11.3 Å². The Morgan fingerprint density at radius 2 is 1.67 bits per heavy atom. The summed E-state index contributed by atoms with van der Waals surface area (Å²) in [6.07, 6.45) is 1.60. The van der Waals surface area contributed by atoms with Crippen molar-refractivity contribution in [2.45, 2.75) is 13.3 Å². The van der Waals surface area contributed by atoms with Crippen LogP contribution in [0, 0.1) is 0 Å². The monoisotopic (exact) mass is 288 g/mol. The summed E-state index contributed by atoms with van der Waals surface area (Å²) in [6, 6.07) is 5.42. The molecule has 0 bridgehead atoms. The third kappa shape index (κ3) is 3.53. The van der Waals surface area contributed by atoms with E-state index in [4.69, 9.17) is 4.74 Å². The Labute approximate surface area is 120 Å². The van der Waals surface area contributed by atoms with E-state index >= 15 is 0 Å². The van der Waals surface area contributed by atoms with E-state index in [9.17, 15) is 19.2 Å². The van der Waals surface area contributed by atoms with Crippen LogP contribution in [0.4, 0.5) is 4.79 Å². The molecule has 0 aliphatic carbocycles. The zero-order valence-electron chi connectivity index (χ0n) is 11.1. The van der Waals surface area contributed by atoms with Crippen LogP contribution in [-0.4, -0.2) is 23.8 Å². The fraction of sp³-hybridized carbons (Fsp3) is 0.143. The predicted molar refractivity (Wildman–Crippen MR) is 72.0 cm³/mol.